The molecule has 0 spiro atoms. The van der Waals surface area contributed by atoms with E-state index in [1.807, 2.05) is 53.4 Å². The number of para-hydroxylation sites is 1. The van der Waals surface area contributed by atoms with E-state index >= 15 is 0 Å². The molecule has 1 aliphatic rings. The van der Waals surface area contributed by atoms with Gasteiger partial charge in [-0.05, 0) is 79.8 Å². The van der Waals surface area contributed by atoms with Gasteiger partial charge in [-0.3, -0.25) is 4.98 Å². The molecule has 5 nitrogen and oxygen atoms in total. The molecule has 33 heavy (non-hydrogen) atoms. The SMILES string of the molecule is COc1ccc(-n2c(C)ccc2[C@@H]2[C@H](c3ccccn3)NC(=S)N2c2ccccc2F)cc1. The quantitative estimate of drug-likeness (QED) is 0.400. The van der Waals surface area contributed by atoms with E-state index in [0.29, 0.717) is 10.8 Å². The zero-order valence-electron chi connectivity index (χ0n) is 18.3. The fourth-order valence-electron chi connectivity index (χ4n) is 4.44. The highest BCUT2D eigenvalue weighted by Gasteiger charge is 2.43. The maximum atomic E-state index is 15.0. The van der Waals surface area contributed by atoms with Gasteiger partial charge in [-0.15, -0.1) is 0 Å². The summed E-state index contributed by atoms with van der Waals surface area (Å²) in [5.41, 5.74) is 4.28. The molecule has 3 heterocycles. The van der Waals surface area contributed by atoms with Crippen molar-refractivity contribution in [3.8, 4) is 11.4 Å². The number of nitrogens with one attached hydrogen (secondary N) is 1. The molecule has 1 aliphatic heterocycles. The highest BCUT2D eigenvalue weighted by atomic mass is 32.1. The van der Waals surface area contributed by atoms with Gasteiger partial charge in [0.1, 0.15) is 17.6 Å². The summed E-state index contributed by atoms with van der Waals surface area (Å²) in [5.74, 6) is 0.459. The third kappa shape index (κ3) is 3.74. The summed E-state index contributed by atoms with van der Waals surface area (Å²) >= 11 is 5.73. The first-order chi connectivity index (χ1) is 16.1. The molecule has 0 bridgehead atoms. The number of pyridine rings is 1. The average molecular weight is 459 g/mol. The number of anilines is 1. The number of rotatable bonds is 5. The summed E-state index contributed by atoms with van der Waals surface area (Å²) in [6, 6.07) is 24.0. The summed E-state index contributed by atoms with van der Waals surface area (Å²) in [6.07, 6.45) is 1.76. The lowest BCUT2D eigenvalue weighted by molar-refractivity contribution is 0.414. The summed E-state index contributed by atoms with van der Waals surface area (Å²) in [4.78, 5) is 6.44. The molecular weight excluding hydrogens is 435 g/mol. The average Bonchev–Trinajstić information content (AvgIpc) is 3.39. The van der Waals surface area contributed by atoms with E-state index < -0.39 is 0 Å². The van der Waals surface area contributed by atoms with Gasteiger partial charge in [0.2, 0.25) is 0 Å². The topological polar surface area (TPSA) is 42.3 Å². The van der Waals surface area contributed by atoms with Crippen molar-refractivity contribution in [2.75, 3.05) is 12.0 Å². The van der Waals surface area contributed by atoms with Gasteiger partial charge in [0.15, 0.2) is 5.11 Å². The smallest absolute Gasteiger partial charge is 0.174 e. The summed E-state index contributed by atoms with van der Waals surface area (Å²) in [7, 11) is 1.65. The van der Waals surface area contributed by atoms with Crippen LogP contribution in [0.25, 0.3) is 5.69 Å². The molecule has 2 atom stereocenters. The largest absolute Gasteiger partial charge is 0.497 e. The van der Waals surface area contributed by atoms with Gasteiger partial charge in [-0.25, -0.2) is 4.39 Å². The maximum Gasteiger partial charge on any atom is 0.174 e. The van der Waals surface area contributed by atoms with Crippen LogP contribution in [0.5, 0.6) is 5.75 Å². The molecule has 2 aromatic heterocycles. The van der Waals surface area contributed by atoms with Crippen LogP contribution in [0.2, 0.25) is 0 Å². The number of hydrogen-bond donors (Lipinski definition) is 1. The molecule has 4 aromatic rings. The zero-order valence-corrected chi connectivity index (χ0v) is 19.1. The standard InChI is InChI=1S/C26H23FN4OS/c1-17-10-15-23(30(17)18-11-13-19(32-2)14-12-18)25-24(21-8-5-6-16-28-21)29-26(33)31(25)22-9-4-3-7-20(22)27/h3-16,24-25H,1-2H3,(H,29,33)/t24-,25+/m0/s1. The van der Waals surface area contributed by atoms with Crippen molar-refractivity contribution in [2.45, 2.75) is 19.0 Å². The number of methoxy groups -OCH3 is 1. The Morgan fingerprint density at radius 1 is 0.970 bits per heavy atom. The van der Waals surface area contributed by atoms with Crippen molar-refractivity contribution in [2.24, 2.45) is 0 Å². The Morgan fingerprint density at radius 2 is 1.73 bits per heavy atom. The van der Waals surface area contributed by atoms with E-state index in [9.17, 15) is 4.39 Å². The summed E-state index contributed by atoms with van der Waals surface area (Å²) < 4.78 is 22.5. The molecule has 0 amide bonds. The van der Waals surface area contributed by atoms with Gasteiger partial charge in [-0.2, -0.15) is 0 Å². The van der Waals surface area contributed by atoms with Crippen LogP contribution in [0.3, 0.4) is 0 Å². The Morgan fingerprint density at radius 3 is 2.42 bits per heavy atom. The van der Waals surface area contributed by atoms with Crippen LogP contribution in [-0.4, -0.2) is 21.8 Å². The molecule has 0 aliphatic carbocycles. The second kappa shape index (κ2) is 8.67. The minimum absolute atomic E-state index is 0.260. The van der Waals surface area contributed by atoms with Crippen LogP contribution in [0.15, 0.2) is 85.1 Å². The monoisotopic (exact) mass is 458 g/mol. The molecule has 2 aromatic carbocycles. The first-order valence-corrected chi connectivity index (χ1v) is 11.1. The molecule has 7 heteroatoms. The van der Waals surface area contributed by atoms with Crippen LogP contribution >= 0.6 is 12.2 Å². The predicted octanol–water partition coefficient (Wildman–Crippen LogP) is 5.51. The molecule has 1 fully saturated rings. The van der Waals surface area contributed by atoms with Crippen LogP contribution in [0.4, 0.5) is 10.1 Å². The van der Waals surface area contributed by atoms with Crippen LogP contribution in [0, 0.1) is 12.7 Å². The number of thiocarbonyl (C=S) groups is 1. The van der Waals surface area contributed by atoms with Gasteiger partial charge in [0.25, 0.3) is 0 Å². The normalized spacial score (nSPS) is 17.8. The molecule has 0 radical (unpaired) electrons. The van der Waals surface area contributed by atoms with E-state index in [4.69, 9.17) is 17.0 Å². The number of nitrogens with zero attached hydrogens (tertiary/aromatic N) is 3. The van der Waals surface area contributed by atoms with Gasteiger partial charge < -0.3 is 19.5 Å². The van der Waals surface area contributed by atoms with Gasteiger partial charge in [-0.1, -0.05) is 18.2 Å². The highest BCUT2D eigenvalue weighted by Crippen LogP contribution is 2.43. The number of ether oxygens (including phenoxy) is 1. The van der Waals surface area contributed by atoms with Crippen molar-refractivity contribution in [3.63, 3.8) is 0 Å². The van der Waals surface area contributed by atoms with E-state index in [-0.39, 0.29) is 17.9 Å². The van der Waals surface area contributed by atoms with Crippen molar-refractivity contribution < 1.29 is 9.13 Å². The third-order valence-electron chi connectivity index (χ3n) is 5.95. The fraction of sp³-hybridized carbons (Fsp3) is 0.154. The van der Waals surface area contributed by atoms with E-state index in [1.54, 1.807) is 25.4 Å². The molecule has 1 N–H and O–H groups in total. The molecular formula is C26H23FN4OS. The first kappa shape index (κ1) is 21.2. The molecule has 166 valence electrons. The fourth-order valence-corrected chi connectivity index (χ4v) is 4.77. The zero-order chi connectivity index (χ0) is 22.9. The van der Waals surface area contributed by atoms with Gasteiger partial charge >= 0.3 is 0 Å². The maximum absolute atomic E-state index is 15.0. The Kier molecular flexibility index (Phi) is 5.56. The van der Waals surface area contributed by atoms with E-state index in [1.165, 1.54) is 6.07 Å². The lowest BCUT2D eigenvalue weighted by atomic mass is 10.0. The van der Waals surface area contributed by atoms with Crippen molar-refractivity contribution in [1.29, 1.82) is 0 Å². The van der Waals surface area contributed by atoms with Crippen molar-refractivity contribution in [3.05, 3.63) is 108 Å². The van der Waals surface area contributed by atoms with E-state index in [2.05, 4.69) is 33.9 Å². The lowest BCUT2D eigenvalue weighted by Gasteiger charge is -2.29. The van der Waals surface area contributed by atoms with Gasteiger partial charge in [0, 0.05) is 23.3 Å². The number of benzene rings is 2. The minimum atomic E-state index is -0.326. The number of aromatic nitrogens is 2. The molecule has 1 saturated heterocycles. The summed E-state index contributed by atoms with van der Waals surface area (Å²) in [5, 5.41) is 3.85. The number of aryl methyl sites for hydroxylation is 1. The Hall–Kier alpha value is -3.71. The van der Waals surface area contributed by atoms with Crippen LogP contribution < -0.4 is 15.0 Å². The van der Waals surface area contributed by atoms with Crippen molar-refractivity contribution in [1.82, 2.24) is 14.9 Å². The van der Waals surface area contributed by atoms with E-state index in [0.717, 1.165) is 28.5 Å². The Bertz CT molecular complexity index is 1290. The third-order valence-corrected chi connectivity index (χ3v) is 6.26. The first-order valence-electron chi connectivity index (χ1n) is 10.7. The highest BCUT2D eigenvalue weighted by molar-refractivity contribution is 7.80. The molecule has 0 saturated carbocycles. The number of halogens is 1. The second-order valence-corrected chi connectivity index (χ2v) is 8.27. The predicted molar refractivity (Wildman–Crippen MR) is 131 cm³/mol. The Balaban J connectivity index is 1.70. The minimum Gasteiger partial charge on any atom is -0.497 e. The number of hydrogen-bond acceptors (Lipinski definition) is 3. The molecule has 0 unspecified atom stereocenters. The van der Waals surface area contributed by atoms with Crippen molar-refractivity contribution >= 4 is 23.0 Å². The lowest BCUT2D eigenvalue weighted by Crippen LogP contribution is -2.31. The van der Waals surface area contributed by atoms with Gasteiger partial charge in [0.05, 0.1) is 24.5 Å². The summed E-state index contributed by atoms with van der Waals surface area (Å²) in [6.45, 7) is 2.05. The Labute approximate surface area is 197 Å². The van der Waals surface area contributed by atoms with Crippen LogP contribution in [-0.2, 0) is 0 Å². The second-order valence-electron chi connectivity index (χ2n) is 7.88. The van der Waals surface area contributed by atoms with Crippen LogP contribution in [0.1, 0.15) is 29.2 Å². The molecule has 5 rings (SSSR count).